The summed E-state index contributed by atoms with van der Waals surface area (Å²) in [5.74, 6) is 0.477. The van der Waals surface area contributed by atoms with E-state index in [9.17, 15) is 4.79 Å². The third-order valence-corrected chi connectivity index (χ3v) is 1.66. The fourth-order valence-electron chi connectivity index (χ4n) is 0.970. The van der Waals surface area contributed by atoms with Crippen molar-refractivity contribution in [2.24, 2.45) is 0 Å². The van der Waals surface area contributed by atoms with Crippen LogP contribution in [0.5, 0.6) is 0 Å². The number of aromatic nitrogens is 3. The fourth-order valence-corrected chi connectivity index (χ4v) is 0.970. The minimum absolute atomic E-state index is 0.0784. The average molecular weight is 198 g/mol. The van der Waals surface area contributed by atoms with Gasteiger partial charge in [0.25, 0.3) is 0 Å². The van der Waals surface area contributed by atoms with Crippen molar-refractivity contribution < 1.29 is 9.53 Å². The molecule has 2 N–H and O–H groups in total. The quantitative estimate of drug-likeness (QED) is 0.699. The Labute approximate surface area is 82.1 Å². The highest BCUT2D eigenvalue weighted by Gasteiger charge is 2.11. The number of nitrogens with one attached hydrogen (secondary N) is 2. The summed E-state index contributed by atoms with van der Waals surface area (Å²) in [6.45, 7) is 4.27. The number of hydrogen-bond donors (Lipinski definition) is 2. The van der Waals surface area contributed by atoms with Gasteiger partial charge in [0.05, 0.1) is 6.04 Å². The van der Waals surface area contributed by atoms with Gasteiger partial charge in [-0.1, -0.05) is 0 Å². The maximum atomic E-state index is 11.2. The molecule has 6 nitrogen and oxygen atoms in total. The lowest BCUT2D eigenvalue weighted by Crippen LogP contribution is -2.30. The van der Waals surface area contributed by atoms with Gasteiger partial charge in [-0.2, -0.15) is 5.10 Å². The van der Waals surface area contributed by atoms with Crippen molar-refractivity contribution in [1.82, 2.24) is 20.5 Å². The Hall–Kier alpha value is -1.43. The zero-order chi connectivity index (χ0) is 10.4. The Kier molecular flexibility index (Phi) is 4.06. The predicted octanol–water partition coefficient (Wildman–Crippen LogP) is 0.0184. The molecule has 0 aliphatic rings. The van der Waals surface area contributed by atoms with Gasteiger partial charge < -0.3 is 10.1 Å². The summed E-state index contributed by atoms with van der Waals surface area (Å²) in [4.78, 5) is 15.1. The summed E-state index contributed by atoms with van der Waals surface area (Å²) in [5, 5.41) is 9.10. The molecule has 0 saturated carbocycles. The zero-order valence-corrected chi connectivity index (χ0v) is 8.28. The molecule has 0 aliphatic carbocycles. The first kappa shape index (κ1) is 10.6. The third-order valence-electron chi connectivity index (χ3n) is 1.66. The maximum absolute atomic E-state index is 11.2. The number of aromatic amines is 1. The van der Waals surface area contributed by atoms with Crippen molar-refractivity contribution in [3.8, 4) is 0 Å². The summed E-state index contributed by atoms with van der Waals surface area (Å²) in [6.07, 6.45) is 1.40. The maximum Gasteiger partial charge on any atom is 0.246 e. The second-order valence-corrected chi connectivity index (χ2v) is 2.80. The number of carbonyl (C=O) groups is 1. The van der Waals surface area contributed by atoms with Crippen molar-refractivity contribution in [3.63, 3.8) is 0 Å². The van der Waals surface area contributed by atoms with Crippen LogP contribution in [-0.2, 0) is 9.53 Å². The van der Waals surface area contributed by atoms with Crippen LogP contribution < -0.4 is 5.32 Å². The number of carbonyl (C=O) groups excluding carboxylic acids is 1. The molecule has 1 unspecified atom stereocenters. The predicted molar refractivity (Wildman–Crippen MR) is 49.4 cm³/mol. The van der Waals surface area contributed by atoms with Crippen molar-refractivity contribution in [1.29, 1.82) is 0 Å². The van der Waals surface area contributed by atoms with Gasteiger partial charge in [-0.05, 0) is 13.8 Å². The Morgan fingerprint density at radius 1 is 1.79 bits per heavy atom. The Morgan fingerprint density at radius 3 is 3.14 bits per heavy atom. The summed E-state index contributed by atoms with van der Waals surface area (Å²) in [6, 6.07) is -0.176. The van der Waals surface area contributed by atoms with Crippen LogP contribution in [0.3, 0.4) is 0 Å². The van der Waals surface area contributed by atoms with E-state index in [4.69, 9.17) is 4.74 Å². The highest BCUT2D eigenvalue weighted by molar-refractivity contribution is 5.77. The molecule has 0 spiro atoms. The van der Waals surface area contributed by atoms with Crippen molar-refractivity contribution >= 4 is 5.91 Å². The fraction of sp³-hybridized carbons (Fsp3) is 0.625. The van der Waals surface area contributed by atoms with E-state index in [1.54, 1.807) is 0 Å². The Bertz CT molecular complexity index is 273. The van der Waals surface area contributed by atoms with E-state index in [0.717, 1.165) is 0 Å². The highest BCUT2D eigenvalue weighted by Crippen LogP contribution is 2.02. The monoisotopic (exact) mass is 198 g/mol. The smallest absolute Gasteiger partial charge is 0.246 e. The molecule has 0 aromatic carbocycles. The molecule has 1 amide bonds. The Balaban J connectivity index is 2.33. The van der Waals surface area contributed by atoms with Crippen LogP contribution in [0.25, 0.3) is 0 Å². The topological polar surface area (TPSA) is 79.9 Å². The highest BCUT2D eigenvalue weighted by atomic mass is 16.5. The van der Waals surface area contributed by atoms with E-state index < -0.39 is 0 Å². The summed E-state index contributed by atoms with van der Waals surface area (Å²) >= 11 is 0. The van der Waals surface area contributed by atoms with Crippen LogP contribution in [0.2, 0.25) is 0 Å². The van der Waals surface area contributed by atoms with Crippen LogP contribution >= 0.6 is 0 Å². The largest absolute Gasteiger partial charge is 0.372 e. The van der Waals surface area contributed by atoms with Crippen LogP contribution in [0.1, 0.15) is 25.7 Å². The zero-order valence-electron chi connectivity index (χ0n) is 8.28. The molecule has 0 radical (unpaired) electrons. The average Bonchev–Trinajstić information content (AvgIpc) is 2.67. The van der Waals surface area contributed by atoms with Gasteiger partial charge in [-0.25, -0.2) is 4.98 Å². The molecule has 0 saturated heterocycles. The number of hydrogen-bond acceptors (Lipinski definition) is 4. The number of ether oxygens (including phenoxy) is 1. The number of H-pyrrole nitrogens is 1. The van der Waals surface area contributed by atoms with E-state index in [1.807, 2.05) is 13.8 Å². The van der Waals surface area contributed by atoms with Crippen molar-refractivity contribution in [2.75, 3.05) is 13.2 Å². The van der Waals surface area contributed by atoms with E-state index in [1.165, 1.54) is 6.33 Å². The molecule has 1 rings (SSSR count). The lowest BCUT2D eigenvalue weighted by Gasteiger charge is -2.10. The van der Waals surface area contributed by atoms with Crippen molar-refractivity contribution in [3.05, 3.63) is 12.2 Å². The molecule has 1 atom stereocenters. The second-order valence-electron chi connectivity index (χ2n) is 2.80. The lowest BCUT2D eigenvalue weighted by molar-refractivity contribution is -0.126. The van der Waals surface area contributed by atoms with Crippen LogP contribution in [0, 0.1) is 0 Å². The molecule has 1 aromatic heterocycles. The standard InChI is InChI=1S/C8H14N4O2/c1-3-14-4-7(13)11-6(2)8-9-5-10-12-8/h5-6H,3-4H2,1-2H3,(H,11,13)(H,9,10,12). The molecule has 0 bridgehead atoms. The van der Waals surface area contributed by atoms with Gasteiger partial charge in [0, 0.05) is 6.61 Å². The third kappa shape index (κ3) is 3.14. The van der Waals surface area contributed by atoms with Gasteiger partial charge in [0.1, 0.15) is 18.8 Å². The summed E-state index contributed by atoms with van der Waals surface area (Å²) in [5.41, 5.74) is 0. The van der Waals surface area contributed by atoms with E-state index in [2.05, 4.69) is 20.5 Å². The summed E-state index contributed by atoms with van der Waals surface area (Å²) < 4.78 is 4.96. The van der Waals surface area contributed by atoms with Crippen LogP contribution in [0.4, 0.5) is 0 Å². The van der Waals surface area contributed by atoms with E-state index >= 15 is 0 Å². The molecule has 0 fully saturated rings. The Morgan fingerprint density at radius 2 is 2.57 bits per heavy atom. The number of rotatable bonds is 5. The number of nitrogens with zero attached hydrogens (tertiary/aromatic N) is 2. The minimum atomic E-state index is -0.176. The minimum Gasteiger partial charge on any atom is -0.372 e. The summed E-state index contributed by atoms with van der Waals surface area (Å²) in [7, 11) is 0. The molecular formula is C8H14N4O2. The first-order chi connectivity index (χ1) is 6.74. The molecule has 1 heterocycles. The second kappa shape index (κ2) is 5.33. The first-order valence-corrected chi connectivity index (χ1v) is 4.46. The van der Waals surface area contributed by atoms with E-state index in [0.29, 0.717) is 12.4 Å². The van der Waals surface area contributed by atoms with Gasteiger partial charge in [-0.15, -0.1) is 0 Å². The molecular weight excluding hydrogens is 184 g/mol. The van der Waals surface area contributed by atoms with Gasteiger partial charge in [-0.3, -0.25) is 9.89 Å². The van der Waals surface area contributed by atoms with Crippen LogP contribution in [-0.4, -0.2) is 34.3 Å². The normalized spacial score (nSPS) is 12.4. The molecule has 0 aliphatic heterocycles. The molecule has 1 aromatic rings. The first-order valence-electron chi connectivity index (χ1n) is 4.46. The van der Waals surface area contributed by atoms with Crippen LogP contribution in [0.15, 0.2) is 6.33 Å². The molecule has 78 valence electrons. The van der Waals surface area contributed by atoms with Gasteiger partial charge >= 0.3 is 0 Å². The lowest BCUT2D eigenvalue weighted by atomic mass is 10.3. The van der Waals surface area contributed by atoms with E-state index in [-0.39, 0.29) is 18.6 Å². The van der Waals surface area contributed by atoms with Crippen molar-refractivity contribution in [2.45, 2.75) is 19.9 Å². The SMILES string of the molecule is CCOCC(=O)NC(C)c1ncn[nH]1. The molecule has 6 heteroatoms. The van der Waals surface area contributed by atoms with Gasteiger partial charge in [0.2, 0.25) is 5.91 Å². The van der Waals surface area contributed by atoms with Gasteiger partial charge in [0.15, 0.2) is 0 Å². The number of amides is 1. The molecule has 14 heavy (non-hydrogen) atoms.